The maximum absolute atomic E-state index is 2.54. The lowest BCUT2D eigenvalue weighted by Crippen LogP contribution is -2.15. The molecule has 0 spiro atoms. The van der Waals surface area contributed by atoms with Crippen LogP contribution < -0.4 is 0 Å². The number of fused-ring (bicyclic) bond motifs is 16. The molecule has 97 heavy (non-hydrogen) atoms. The summed E-state index contributed by atoms with van der Waals surface area (Å²) in [5.41, 5.74) is 30.9. The Morgan fingerprint density at radius 2 is 0.381 bits per heavy atom. The van der Waals surface area contributed by atoms with Crippen LogP contribution in [0.5, 0.6) is 0 Å². The Balaban J connectivity index is 0.669. The highest BCUT2D eigenvalue weighted by atomic mass is 14.4. The molecule has 0 aliphatic heterocycles. The van der Waals surface area contributed by atoms with Gasteiger partial charge in [0.05, 0.1) is 0 Å². The van der Waals surface area contributed by atoms with Gasteiger partial charge in [0, 0.05) is 16.2 Å². The first-order valence-corrected chi connectivity index (χ1v) is 34.6. The Labute approximate surface area is 566 Å². The summed E-state index contributed by atoms with van der Waals surface area (Å²) in [5.74, 6) is 0. The lowest BCUT2D eigenvalue weighted by Gasteiger charge is -2.25. The fourth-order valence-electron chi connectivity index (χ4n) is 18.6. The van der Waals surface area contributed by atoms with Crippen LogP contribution in [0.4, 0.5) is 0 Å². The Bertz CT molecular complexity index is 6160. The summed E-state index contributed by atoms with van der Waals surface area (Å²) in [6.45, 7) is 14.5. The minimum Gasteiger partial charge on any atom is -0.0619 e. The van der Waals surface area contributed by atoms with Gasteiger partial charge in [-0.15, -0.1) is 0 Å². The average molecular weight is 1230 g/mol. The average Bonchev–Trinajstić information content (AvgIpc) is 1.65. The summed E-state index contributed by atoms with van der Waals surface area (Å²) in [5, 5.41) is 17.7. The Hall–Kier alpha value is -11.4. The van der Waals surface area contributed by atoms with Gasteiger partial charge in [0.15, 0.2) is 0 Å². The van der Waals surface area contributed by atoms with Crippen LogP contribution in [0.15, 0.2) is 303 Å². The maximum atomic E-state index is 2.54. The molecular weight excluding hydrogens is 1170 g/mol. The Kier molecular flexibility index (Phi) is 11.7. The topological polar surface area (TPSA) is 0 Å². The fraction of sp³-hybridized carbons (Fsp3) is 0.0928. The highest BCUT2D eigenvalue weighted by molar-refractivity contribution is 6.30. The van der Waals surface area contributed by atoms with Crippen LogP contribution in [-0.4, -0.2) is 0 Å². The molecule has 0 saturated heterocycles. The van der Waals surface area contributed by atoms with Crippen LogP contribution in [0, 0.1) is 0 Å². The molecule has 0 N–H and O–H groups in total. The highest BCUT2D eigenvalue weighted by Gasteiger charge is 2.40. The van der Waals surface area contributed by atoms with Crippen LogP contribution in [0.25, 0.3) is 176 Å². The molecule has 17 aromatic carbocycles. The lowest BCUT2D eigenvalue weighted by molar-refractivity contribution is 0.660. The van der Waals surface area contributed by atoms with Crippen molar-refractivity contribution in [2.24, 2.45) is 0 Å². The summed E-state index contributed by atoms with van der Waals surface area (Å²) in [4.78, 5) is 0. The number of benzene rings is 17. The van der Waals surface area contributed by atoms with Crippen molar-refractivity contribution in [3.63, 3.8) is 0 Å². The van der Waals surface area contributed by atoms with Crippen LogP contribution in [0.1, 0.15) is 74.9 Å². The molecule has 0 radical (unpaired) electrons. The first-order valence-electron chi connectivity index (χ1n) is 34.6. The van der Waals surface area contributed by atoms with Crippen molar-refractivity contribution < 1.29 is 0 Å². The Morgan fingerprint density at radius 3 is 0.732 bits per heavy atom. The highest BCUT2D eigenvalue weighted by Crippen LogP contribution is 2.58. The Morgan fingerprint density at radius 1 is 0.155 bits per heavy atom. The van der Waals surface area contributed by atoms with Gasteiger partial charge in [0.1, 0.15) is 0 Å². The molecule has 3 aliphatic rings. The van der Waals surface area contributed by atoms with Crippen LogP contribution in [0.2, 0.25) is 0 Å². The van der Waals surface area contributed by atoms with Gasteiger partial charge >= 0.3 is 0 Å². The molecule has 0 amide bonds. The zero-order chi connectivity index (χ0) is 64.8. The van der Waals surface area contributed by atoms with E-state index in [4.69, 9.17) is 0 Å². The second-order valence-electron chi connectivity index (χ2n) is 29.3. The molecule has 0 atom stereocenters. The molecule has 0 bridgehead atoms. The van der Waals surface area contributed by atoms with E-state index in [1.54, 1.807) is 0 Å². The van der Waals surface area contributed by atoms with E-state index < -0.39 is 0 Å². The molecule has 0 heteroatoms. The molecule has 20 rings (SSSR count). The van der Waals surface area contributed by atoms with Gasteiger partial charge < -0.3 is 0 Å². The first-order chi connectivity index (χ1) is 47.4. The third-order valence-electron chi connectivity index (χ3n) is 23.2. The van der Waals surface area contributed by atoms with E-state index in [1.165, 1.54) is 209 Å². The smallest absolute Gasteiger partial charge is 0.0159 e. The van der Waals surface area contributed by atoms with E-state index in [-0.39, 0.29) is 16.2 Å². The van der Waals surface area contributed by atoms with Gasteiger partial charge in [-0.1, -0.05) is 315 Å². The lowest BCUT2D eigenvalue weighted by atomic mass is 9.78. The van der Waals surface area contributed by atoms with Gasteiger partial charge in [-0.25, -0.2) is 0 Å². The van der Waals surface area contributed by atoms with Crippen molar-refractivity contribution in [3.05, 3.63) is 337 Å². The van der Waals surface area contributed by atoms with Crippen LogP contribution >= 0.6 is 0 Å². The summed E-state index contributed by atoms with van der Waals surface area (Å²) >= 11 is 0. The summed E-state index contributed by atoms with van der Waals surface area (Å²) < 4.78 is 0. The van der Waals surface area contributed by atoms with E-state index in [0.29, 0.717) is 0 Å². The zero-order valence-electron chi connectivity index (χ0n) is 55.4. The summed E-state index contributed by atoms with van der Waals surface area (Å²) in [7, 11) is 0. The third-order valence-corrected chi connectivity index (χ3v) is 23.2. The van der Waals surface area contributed by atoms with Crippen molar-refractivity contribution in [2.75, 3.05) is 0 Å². The molecule has 0 nitrogen and oxygen atoms in total. The predicted octanol–water partition coefficient (Wildman–Crippen LogP) is 26.7. The van der Waals surface area contributed by atoms with Gasteiger partial charge in [0.25, 0.3) is 0 Å². The van der Waals surface area contributed by atoms with Crippen LogP contribution in [0.3, 0.4) is 0 Å². The largest absolute Gasteiger partial charge is 0.0619 e. The SMILES string of the molecule is CC1(C)c2cc(-c3ccc4c(c3)C(C)(C)c3cc(-c5c6ccccc6c(-c6c7ccccc7c(-c7ccc8c(c7)C(C)(C)c7ccccc7-8)c7ccccc67)c6ccccc56)ccc3-4)ccc2-c2ccc(-c3c4ccccc4c(-c4cccc5ccccc45)c4ccccc34)cc21. The fourth-order valence-corrected chi connectivity index (χ4v) is 18.6. The molecule has 0 unspecified atom stereocenters. The van der Waals surface area contributed by atoms with E-state index >= 15 is 0 Å². The molecule has 0 saturated carbocycles. The molecular formula is C97H68. The summed E-state index contributed by atoms with van der Waals surface area (Å²) in [6, 6.07) is 116. The van der Waals surface area contributed by atoms with Gasteiger partial charge in [-0.05, 0) is 239 Å². The zero-order valence-corrected chi connectivity index (χ0v) is 55.4. The first kappa shape index (κ1) is 56.0. The number of rotatable bonds is 6. The van der Waals surface area contributed by atoms with Crippen LogP contribution in [-0.2, 0) is 16.2 Å². The minimum atomic E-state index is -0.259. The van der Waals surface area contributed by atoms with Crippen molar-refractivity contribution in [2.45, 2.75) is 57.8 Å². The summed E-state index contributed by atoms with van der Waals surface area (Å²) in [6.07, 6.45) is 0. The van der Waals surface area contributed by atoms with Crippen molar-refractivity contribution in [1.29, 1.82) is 0 Å². The predicted molar refractivity (Wildman–Crippen MR) is 414 cm³/mol. The second kappa shape index (κ2) is 20.3. The van der Waals surface area contributed by atoms with Gasteiger partial charge in [0.2, 0.25) is 0 Å². The van der Waals surface area contributed by atoms with E-state index in [2.05, 4.69) is 345 Å². The standard InChI is InChI=1S/C97H68/c1-95(2)83-41-22-21-27-64(83)65-49-44-60(54-86(65)95)90-73-30-11-17-36-79(73)93(80-37-18-12-31-74(80)90)94-81-38-19-13-32-75(81)91(76-33-14-20-39-82(76)94)62-46-51-69-67-48-43-59(53-85(67)97(5,6)88(69)56-62)58-42-47-66-68-50-45-61(55-87(68)96(3,4)84(66)52-58)89-71-28-9-15-34-77(71)92(78-35-16-10-29-72(78)89)70-40-23-25-57-24-7-8-26-63(57)70/h7-56H,1-6H3. The van der Waals surface area contributed by atoms with Gasteiger partial charge in [-0.2, -0.15) is 0 Å². The molecule has 0 aromatic heterocycles. The second-order valence-corrected chi connectivity index (χ2v) is 29.3. The molecule has 3 aliphatic carbocycles. The van der Waals surface area contributed by atoms with Gasteiger partial charge in [-0.3, -0.25) is 0 Å². The number of hydrogen-bond acceptors (Lipinski definition) is 0. The maximum Gasteiger partial charge on any atom is 0.0159 e. The van der Waals surface area contributed by atoms with Crippen molar-refractivity contribution in [3.8, 4) is 100 Å². The number of hydrogen-bond donors (Lipinski definition) is 0. The molecule has 0 heterocycles. The van der Waals surface area contributed by atoms with E-state index in [1.807, 2.05) is 0 Å². The van der Waals surface area contributed by atoms with Crippen molar-refractivity contribution in [1.82, 2.24) is 0 Å². The van der Waals surface area contributed by atoms with Crippen molar-refractivity contribution >= 4 is 75.4 Å². The normalized spacial score (nSPS) is 14.3. The molecule has 0 fully saturated rings. The minimum absolute atomic E-state index is 0.108. The molecule has 17 aromatic rings. The monoisotopic (exact) mass is 1230 g/mol. The third kappa shape index (κ3) is 7.82. The molecule has 456 valence electrons. The quantitative estimate of drug-likeness (QED) is 0.146. The van der Waals surface area contributed by atoms with E-state index in [0.717, 1.165) is 0 Å². The van der Waals surface area contributed by atoms with E-state index in [9.17, 15) is 0 Å².